The fourth-order valence-corrected chi connectivity index (χ4v) is 3.89. The highest BCUT2D eigenvalue weighted by Crippen LogP contribution is 2.33. The van der Waals surface area contributed by atoms with E-state index in [1.54, 1.807) is 18.3 Å². The lowest BCUT2D eigenvalue weighted by Gasteiger charge is -2.35. The second kappa shape index (κ2) is 8.91. The number of benzene rings is 1. The van der Waals surface area contributed by atoms with Crippen LogP contribution in [0, 0.1) is 18.6 Å². The van der Waals surface area contributed by atoms with Crippen molar-refractivity contribution in [1.29, 1.82) is 0 Å². The maximum absolute atomic E-state index is 15.5. The van der Waals surface area contributed by atoms with Gasteiger partial charge in [0.2, 0.25) is 11.7 Å². The number of nitrogens with one attached hydrogen (secondary N) is 1. The molecule has 11 nitrogen and oxygen atoms in total. The van der Waals surface area contributed by atoms with Gasteiger partial charge in [-0.25, -0.2) is 18.6 Å². The van der Waals surface area contributed by atoms with Gasteiger partial charge in [-0.2, -0.15) is 4.98 Å². The van der Waals surface area contributed by atoms with Crippen LogP contribution in [0.3, 0.4) is 0 Å². The van der Waals surface area contributed by atoms with E-state index in [1.165, 1.54) is 36.6 Å². The molecule has 4 heterocycles. The van der Waals surface area contributed by atoms with E-state index in [0.29, 0.717) is 24.5 Å². The summed E-state index contributed by atoms with van der Waals surface area (Å²) in [6.07, 6.45) is 2.42. The number of halogens is 2. The molecule has 5 rings (SSSR count). The molecular formula is C23H20F2N6O5. The van der Waals surface area contributed by atoms with Crippen molar-refractivity contribution in [1.82, 2.24) is 24.4 Å². The van der Waals surface area contributed by atoms with Crippen LogP contribution in [-0.2, 0) is 4.74 Å². The Hall–Kier alpha value is -4.55. The average Bonchev–Trinajstić information content (AvgIpc) is 3.50. The monoisotopic (exact) mass is 498 g/mol. The van der Waals surface area contributed by atoms with E-state index in [9.17, 15) is 14.0 Å². The Morgan fingerprint density at radius 1 is 1.22 bits per heavy atom. The lowest BCUT2D eigenvalue weighted by molar-refractivity contribution is 0.0804. The van der Waals surface area contributed by atoms with Gasteiger partial charge in [0.05, 0.1) is 37.6 Å². The van der Waals surface area contributed by atoms with E-state index in [0.717, 1.165) is 6.07 Å². The highest BCUT2D eigenvalue weighted by Gasteiger charge is 2.36. The molecule has 186 valence electrons. The van der Waals surface area contributed by atoms with Gasteiger partial charge in [0.15, 0.2) is 5.82 Å². The second-order valence-corrected chi connectivity index (χ2v) is 8.14. The van der Waals surface area contributed by atoms with Crippen LogP contribution in [0.2, 0.25) is 0 Å². The molecule has 4 aromatic rings. The van der Waals surface area contributed by atoms with Gasteiger partial charge in [-0.1, -0.05) is 5.16 Å². The van der Waals surface area contributed by atoms with Crippen LogP contribution in [-0.4, -0.2) is 63.7 Å². The summed E-state index contributed by atoms with van der Waals surface area (Å²) in [7, 11) is 2.78. The molecule has 1 aromatic carbocycles. The molecule has 1 fully saturated rings. The minimum absolute atomic E-state index is 0.100. The van der Waals surface area contributed by atoms with E-state index in [2.05, 4.69) is 25.2 Å². The van der Waals surface area contributed by atoms with Crippen molar-refractivity contribution in [2.45, 2.75) is 12.8 Å². The van der Waals surface area contributed by atoms with E-state index in [1.807, 2.05) is 0 Å². The lowest BCUT2D eigenvalue weighted by atomic mass is 10.0. The molecule has 1 aliphatic rings. The third kappa shape index (κ3) is 3.87. The van der Waals surface area contributed by atoms with Gasteiger partial charge in [0, 0.05) is 30.9 Å². The Morgan fingerprint density at radius 2 is 2.00 bits per heavy atom. The van der Waals surface area contributed by atoms with Crippen molar-refractivity contribution in [3.63, 3.8) is 0 Å². The summed E-state index contributed by atoms with van der Waals surface area (Å²) >= 11 is 0. The molecular weight excluding hydrogens is 478 g/mol. The number of aromatic nitrogens is 4. The van der Waals surface area contributed by atoms with Crippen molar-refractivity contribution in [3.05, 3.63) is 59.4 Å². The molecule has 0 aliphatic carbocycles. The third-order valence-electron chi connectivity index (χ3n) is 6.00. The van der Waals surface area contributed by atoms with Crippen molar-refractivity contribution in [2.24, 2.45) is 0 Å². The number of imidazole rings is 1. The number of fused-ring (bicyclic) bond motifs is 1. The molecule has 3 aromatic heterocycles. The smallest absolute Gasteiger partial charge is 0.409 e. The van der Waals surface area contributed by atoms with Crippen molar-refractivity contribution < 1.29 is 32.4 Å². The predicted octanol–water partition coefficient (Wildman–Crippen LogP) is 3.40. The first-order chi connectivity index (χ1) is 17.3. The number of amides is 2. The molecule has 36 heavy (non-hydrogen) atoms. The fraction of sp³-hybridized carbons (Fsp3) is 0.261. The number of anilines is 1. The topological polar surface area (TPSA) is 124 Å². The number of likely N-dealkylation sites (tertiary alicyclic amines) is 1. The summed E-state index contributed by atoms with van der Waals surface area (Å²) < 4.78 is 46.8. The van der Waals surface area contributed by atoms with Crippen molar-refractivity contribution in [3.8, 4) is 17.1 Å². The fourth-order valence-electron chi connectivity index (χ4n) is 3.89. The summed E-state index contributed by atoms with van der Waals surface area (Å²) in [6.45, 7) is 1.94. The number of hydrogen-bond acceptors (Lipinski definition) is 8. The number of carbonyl (C=O) groups is 2. The number of pyridine rings is 1. The first kappa shape index (κ1) is 23.2. The summed E-state index contributed by atoms with van der Waals surface area (Å²) in [4.78, 5) is 34.3. The van der Waals surface area contributed by atoms with Crippen LogP contribution in [0.15, 0.2) is 35.1 Å². The molecule has 0 unspecified atom stereocenters. The first-order valence-electron chi connectivity index (χ1n) is 10.8. The highest BCUT2D eigenvalue weighted by atomic mass is 19.1. The van der Waals surface area contributed by atoms with Gasteiger partial charge >= 0.3 is 6.09 Å². The van der Waals surface area contributed by atoms with E-state index < -0.39 is 23.6 Å². The van der Waals surface area contributed by atoms with Gasteiger partial charge in [-0.3, -0.25) is 9.20 Å². The maximum atomic E-state index is 15.5. The van der Waals surface area contributed by atoms with Crippen LogP contribution in [0.4, 0.5) is 19.3 Å². The molecule has 0 bridgehead atoms. The lowest BCUT2D eigenvalue weighted by Crippen LogP contribution is -2.48. The molecule has 0 saturated carbocycles. The molecule has 0 atom stereocenters. The van der Waals surface area contributed by atoms with Gasteiger partial charge in [-0.05, 0) is 19.1 Å². The largest absolute Gasteiger partial charge is 0.497 e. The number of hydrogen-bond donors (Lipinski definition) is 1. The minimum Gasteiger partial charge on any atom is -0.497 e. The third-order valence-corrected chi connectivity index (χ3v) is 6.00. The van der Waals surface area contributed by atoms with Crippen LogP contribution in [0.1, 0.15) is 27.9 Å². The Bertz CT molecular complexity index is 1490. The molecule has 13 heteroatoms. The SMILES string of the molecule is COC(=O)N1CC(c2nc(-c3cc(F)c(C)c(NC(=O)c4cnc5cc(OC)ccn45)c3F)no2)C1. The molecule has 0 radical (unpaired) electrons. The highest BCUT2D eigenvalue weighted by molar-refractivity contribution is 6.04. The standard InChI is InChI=1S/C23H20F2N6O5/c1-11-15(24)7-14(20-28-22(36-29-20)12-9-30(10-12)23(33)35-3)18(25)19(11)27-21(32)16-8-26-17-6-13(34-2)4-5-31(16)17/h4-8,12H,9-10H2,1-3H3,(H,27,32). The molecule has 1 saturated heterocycles. The number of carbonyl (C=O) groups excluding carboxylic acids is 2. The molecule has 2 amide bonds. The maximum Gasteiger partial charge on any atom is 0.409 e. The van der Waals surface area contributed by atoms with Gasteiger partial charge in [0.25, 0.3) is 5.91 Å². The Morgan fingerprint density at radius 3 is 2.72 bits per heavy atom. The van der Waals surface area contributed by atoms with Crippen LogP contribution >= 0.6 is 0 Å². The predicted molar refractivity (Wildman–Crippen MR) is 121 cm³/mol. The van der Waals surface area contributed by atoms with E-state index in [4.69, 9.17) is 9.26 Å². The Kier molecular flexibility index (Phi) is 5.74. The van der Waals surface area contributed by atoms with Crippen molar-refractivity contribution >= 4 is 23.3 Å². The zero-order valence-electron chi connectivity index (χ0n) is 19.4. The number of ether oxygens (including phenoxy) is 2. The van der Waals surface area contributed by atoms with E-state index in [-0.39, 0.29) is 40.1 Å². The zero-order chi connectivity index (χ0) is 25.6. The van der Waals surface area contributed by atoms with Crippen LogP contribution < -0.4 is 10.1 Å². The Balaban J connectivity index is 1.42. The summed E-state index contributed by atoms with van der Waals surface area (Å²) in [6, 6.07) is 4.21. The van der Waals surface area contributed by atoms with Crippen LogP contribution in [0.5, 0.6) is 5.75 Å². The van der Waals surface area contributed by atoms with E-state index >= 15 is 4.39 Å². The second-order valence-electron chi connectivity index (χ2n) is 8.14. The number of methoxy groups -OCH3 is 2. The number of rotatable bonds is 5. The Labute approximate surface area is 202 Å². The number of nitrogens with zero attached hydrogens (tertiary/aromatic N) is 5. The summed E-state index contributed by atoms with van der Waals surface area (Å²) in [5, 5.41) is 6.21. The minimum atomic E-state index is -0.921. The molecule has 0 spiro atoms. The quantitative estimate of drug-likeness (QED) is 0.444. The first-order valence-corrected chi connectivity index (χ1v) is 10.8. The zero-order valence-corrected chi connectivity index (χ0v) is 19.4. The van der Waals surface area contributed by atoms with Gasteiger partial charge < -0.3 is 24.2 Å². The molecule has 1 N–H and O–H groups in total. The van der Waals surface area contributed by atoms with Crippen LogP contribution in [0.25, 0.3) is 17.0 Å². The van der Waals surface area contributed by atoms with Gasteiger partial charge in [-0.15, -0.1) is 0 Å². The molecule has 1 aliphatic heterocycles. The van der Waals surface area contributed by atoms with Gasteiger partial charge in [0.1, 0.15) is 22.9 Å². The summed E-state index contributed by atoms with van der Waals surface area (Å²) in [5.41, 5.74) is -0.186. The average molecular weight is 498 g/mol. The summed E-state index contributed by atoms with van der Waals surface area (Å²) in [5.74, 6) is -2.09. The van der Waals surface area contributed by atoms with Crippen molar-refractivity contribution in [2.75, 3.05) is 32.6 Å². The normalized spacial score (nSPS) is 13.5.